The summed E-state index contributed by atoms with van der Waals surface area (Å²) >= 11 is 0. The smallest absolute Gasteiger partial charge is 0.0712 e. The minimum absolute atomic E-state index is 0.540. The van der Waals surface area contributed by atoms with E-state index in [1.165, 1.54) is 11.1 Å². The van der Waals surface area contributed by atoms with Crippen molar-refractivity contribution in [3.63, 3.8) is 0 Å². The molecular formula is C17H23NO. The fraction of sp³-hybridized carbons (Fsp3) is 0.529. The first-order chi connectivity index (χ1) is 9.11. The Balaban J connectivity index is 1.88. The van der Waals surface area contributed by atoms with Crippen LogP contribution in [0.3, 0.4) is 0 Å². The van der Waals surface area contributed by atoms with Crippen molar-refractivity contribution in [1.82, 2.24) is 4.90 Å². The van der Waals surface area contributed by atoms with Gasteiger partial charge in [0, 0.05) is 32.5 Å². The zero-order valence-electron chi connectivity index (χ0n) is 11.7. The van der Waals surface area contributed by atoms with Crippen LogP contribution in [0.5, 0.6) is 0 Å². The Labute approximate surface area is 116 Å². The van der Waals surface area contributed by atoms with Crippen molar-refractivity contribution in [2.24, 2.45) is 0 Å². The number of rotatable bonds is 4. The van der Waals surface area contributed by atoms with E-state index in [4.69, 9.17) is 6.42 Å². The number of hydrogen-bond acceptors (Lipinski definition) is 2. The van der Waals surface area contributed by atoms with Crippen molar-refractivity contribution >= 4 is 0 Å². The summed E-state index contributed by atoms with van der Waals surface area (Å²) in [6.07, 6.45) is 8.53. The number of aliphatic hydroxyl groups is 1. The van der Waals surface area contributed by atoms with Crippen LogP contribution >= 0.6 is 0 Å². The molecule has 1 aromatic carbocycles. The monoisotopic (exact) mass is 257 g/mol. The molecule has 1 N–H and O–H groups in total. The number of aryl methyl sites for hydroxylation is 1. The lowest BCUT2D eigenvalue weighted by molar-refractivity contribution is -0.0200. The van der Waals surface area contributed by atoms with Crippen LogP contribution in [0.25, 0.3) is 0 Å². The van der Waals surface area contributed by atoms with E-state index >= 15 is 0 Å². The molecule has 1 aliphatic rings. The molecule has 2 heteroatoms. The molecule has 1 heterocycles. The van der Waals surface area contributed by atoms with Crippen LogP contribution in [0.4, 0.5) is 0 Å². The van der Waals surface area contributed by atoms with Gasteiger partial charge in [-0.1, -0.05) is 29.8 Å². The highest BCUT2D eigenvalue weighted by Crippen LogP contribution is 2.26. The molecule has 0 saturated carbocycles. The number of piperidine rings is 1. The molecule has 1 saturated heterocycles. The average molecular weight is 257 g/mol. The van der Waals surface area contributed by atoms with E-state index in [-0.39, 0.29) is 0 Å². The van der Waals surface area contributed by atoms with Gasteiger partial charge in [0.25, 0.3) is 0 Å². The van der Waals surface area contributed by atoms with E-state index in [9.17, 15) is 5.11 Å². The second kappa shape index (κ2) is 6.23. The van der Waals surface area contributed by atoms with Gasteiger partial charge in [0.15, 0.2) is 0 Å². The number of terminal acetylenes is 1. The third-order valence-electron chi connectivity index (χ3n) is 4.01. The van der Waals surface area contributed by atoms with Crippen molar-refractivity contribution in [3.8, 4) is 12.3 Å². The minimum Gasteiger partial charge on any atom is -0.389 e. The quantitative estimate of drug-likeness (QED) is 0.837. The largest absolute Gasteiger partial charge is 0.389 e. The number of benzene rings is 1. The summed E-state index contributed by atoms with van der Waals surface area (Å²) in [5.41, 5.74) is 1.95. The lowest BCUT2D eigenvalue weighted by Gasteiger charge is -2.38. The summed E-state index contributed by atoms with van der Waals surface area (Å²) < 4.78 is 0. The van der Waals surface area contributed by atoms with Crippen molar-refractivity contribution < 1.29 is 5.11 Å². The van der Waals surface area contributed by atoms with E-state index in [2.05, 4.69) is 42.0 Å². The highest BCUT2D eigenvalue weighted by Gasteiger charge is 2.31. The van der Waals surface area contributed by atoms with Gasteiger partial charge in [-0.25, -0.2) is 0 Å². The Morgan fingerprint density at radius 3 is 2.47 bits per heavy atom. The summed E-state index contributed by atoms with van der Waals surface area (Å²) in [4.78, 5) is 2.35. The molecule has 1 aromatic rings. The molecule has 1 fully saturated rings. The second-order valence-electron chi connectivity index (χ2n) is 5.68. The predicted octanol–water partition coefficient (Wildman–Crippen LogP) is 2.39. The third kappa shape index (κ3) is 4.09. The first-order valence-corrected chi connectivity index (χ1v) is 7.05. The van der Waals surface area contributed by atoms with Gasteiger partial charge in [0.2, 0.25) is 0 Å². The van der Waals surface area contributed by atoms with Crippen LogP contribution < -0.4 is 0 Å². The van der Waals surface area contributed by atoms with Gasteiger partial charge >= 0.3 is 0 Å². The van der Waals surface area contributed by atoms with E-state index < -0.39 is 5.60 Å². The number of hydrogen-bond donors (Lipinski definition) is 1. The standard InChI is InChI=1S/C17H23NO/c1-3-4-11-18-12-9-17(19,10-13-18)14-16-7-5-15(2)6-8-16/h1,5-8,19H,4,9-14H2,2H3. The molecule has 1 aliphatic heterocycles. The highest BCUT2D eigenvalue weighted by atomic mass is 16.3. The molecule has 19 heavy (non-hydrogen) atoms. The normalized spacial score (nSPS) is 19.0. The molecule has 102 valence electrons. The molecule has 0 bridgehead atoms. The molecule has 0 unspecified atom stereocenters. The SMILES string of the molecule is C#CCCN1CCC(O)(Cc2ccc(C)cc2)CC1. The summed E-state index contributed by atoms with van der Waals surface area (Å²) in [6, 6.07) is 8.47. The topological polar surface area (TPSA) is 23.5 Å². The molecule has 2 rings (SSSR count). The van der Waals surface area contributed by atoms with Crippen molar-refractivity contribution in [2.75, 3.05) is 19.6 Å². The minimum atomic E-state index is -0.540. The third-order valence-corrected chi connectivity index (χ3v) is 4.01. The maximum Gasteiger partial charge on any atom is 0.0712 e. The lowest BCUT2D eigenvalue weighted by Crippen LogP contribution is -2.45. The van der Waals surface area contributed by atoms with Gasteiger partial charge in [-0.05, 0) is 25.3 Å². The zero-order valence-corrected chi connectivity index (χ0v) is 11.7. The predicted molar refractivity (Wildman–Crippen MR) is 79.0 cm³/mol. The summed E-state index contributed by atoms with van der Waals surface area (Å²) in [6.45, 7) is 4.94. The van der Waals surface area contributed by atoms with Crippen molar-refractivity contribution in [2.45, 2.75) is 38.2 Å². The van der Waals surface area contributed by atoms with Crippen LogP contribution in [-0.2, 0) is 6.42 Å². The van der Waals surface area contributed by atoms with Gasteiger partial charge < -0.3 is 10.0 Å². The summed E-state index contributed by atoms with van der Waals surface area (Å²) in [5.74, 6) is 2.68. The first kappa shape index (κ1) is 14.1. The lowest BCUT2D eigenvalue weighted by atomic mass is 9.85. The summed E-state index contributed by atoms with van der Waals surface area (Å²) in [7, 11) is 0. The fourth-order valence-corrected chi connectivity index (χ4v) is 2.68. The van der Waals surface area contributed by atoms with E-state index in [0.29, 0.717) is 0 Å². The Morgan fingerprint density at radius 1 is 1.26 bits per heavy atom. The van der Waals surface area contributed by atoms with E-state index in [1.807, 2.05) is 0 Å². The van der Waals surface area contributed by atoms with Gasteiger partial charge in [-0.3, -0.25) is 0 Å². The van der Waals surface area contributed by atoms with Crippen LogP contribution in [0.1, 0.15) is 30.4 Å². The molecule has 0 aromatic heterocycles. The Hall–Kier alpha value is -1.30. The van der Waals surface area contributed by atoms with E-state index in [1.54, 1.807) is 0 Å². The van der Waals surface area contributed by atoms with Crippen LogP contribution in [0.2, 0.25) is 0 Å². The molecule has 0 aliphatic carbocycles. The highest BCUT2D eigenvalue weighted by molar-refractivity contribution is 5.23. The molecule has 0 atom stereocenters. The summed E-state index contributed by atoms with van der Waals surface area (Å²) in [5, 5.41) is 10.7. The van der Waals surface area contributed by atoms with Crippen LogP contribution in [-0.4, -0.2) is 35.2 Å². The Morgan fingerprint density at radius 2 is 1.89 bits per heavy atom. The van der Waals surface area contributed by atoms with Gasteiger partial charge in [0.1, 0.15) is 0 Å². The molecule has 0 spiro atoms. The average Bonchev–Trinajstić information content (AvgIpc) is 2.41. The van der Waals surface area contributed by atoms with E-state index in [0.717, 1.165) is 45.3 Å². The number of nitrogens with zero attached hydrogens (tertiary/aromatic N) is 1. The Kier molecular flexibility index (Phi) is 4.63. The van der Waals surface area contributed by atoms with Crippen molar-refractivity contribution in [1.29, 1.82) is 0 Å². The van der Waals surface area contributed by atoms with Crippen LogP contribution in [0.15, 0.2) is 24.3 Å². The fourth-order valence-electron chi connectivity index (χ4n) is 2.68. The number of likely N-dealkylation sites (tertiary alicyclic amines) is 1. The molecule has 0 amide bonds. The second-order valence-corrected chi connectivity index (χ2v) is 5.68. The molecular weight excluding hydrogens is 234 g/mol. The molecule has 2 nitrogen and oxygen atoms in total. The van der Waals surface area contributed by atoms with Gasteiger partial charge in [0.05, 0.1) is 5.60 Å². The molecule has 0 radical (unpaired) electrons. The maximum atomic E-state index is 10.7. The van der Waals surface area contributed by atoms with Crippen molar-refractivity contribution in [3.05, 3.63) is 35.4 Å². The van der Waals surface area contributed by atoms with Gasteiger partial charge in [-0.15, -0.1) is 12.3 Å². The maximum absolute atomic E-state index is 10.7. The van der Waals surface area contributed by atoms with Crippen LogP contribution in [0, 0.1) is 19.3 Å². The Bertz CT molecular complexity index is 435. The van der Waals surface area contributed by atoms with Gasteiger partial charge in [-0.2, -0.15) is 0 Å². The zero-order chi connectivity index (χ0) is 13.7. The first-order valence-electron chi connectivity index (χ1n) is 7.05.